The van der Waals surface area contributed by atoms with Gasteiger partial charge in [0, 0.05) is 32.5 Å². The molecule has 0 bridgehead atoms. The van der Waals surface area contributed by atoms with E-state index in [4.69, 9.17) is 24.2 Å². The van der Waals surface area contributed by atoms with Gasteiger partial charge in [-0.1, -0.05) is 0 Å². The molecule has 0 spiro atoms. The van der Waals surface area contributed by atoms with E-state index in [9.17, 15) is 4.79 Å². The summed E-state index contributed by atoms with van der Waals surface area (Å²) in [6.07, 6.45) is 2.44. The predicted molar refractivity (Wildman–Crippen MR) is 107 cm³/mol. The van der Waals surface area contributed by atoms with Crippen LogP contribution in [0.4, 0.5) is 0 Å². The number of amides is 1. The zero-order valence-corrected chi connectivity index (χ0v) is 17.1. The molecule has 29 heavy (non-hydrogen) atoms. The first-order valence-corrected chi connectivity index (χ1v) is 10.0. The number of hydrogen-bond donors (Lipinski definition) is 1. The Balaban J connectivity index is 1.59. The van der Waals surface area contributed by atoms with Crippen LogP contribution in [0.15, 0.2) is 12.1 Å². The van der Waals surface area contributed by atoms with Gasteiger partial charge in [0.25, 0.3) is 5.91 Å². The van der Waals surface area contributed by atoms with Crippen LogP contribution >= 0.6 is 0 Å². The molecule has 2 aliphatic rings. The lowest BCUT2D eigenvalue weighted by molar-refractivity contribution is -0.0105. The second kappa shape index (κ2) is 10.3. The number of nitriles is 1. The number of hydrogen-bond acceptors (Lipinski definition) is 7. The Hall–Kier alpha value is -2.50. The normalized spacial score (nSPS) is 21.3. The highest BCUT2D eigenvalue weighted by atomic mass is 16.6. The number of ether oxygens (including phenoxy) is 4. The number of rotatable bonds is 8. The van der Waals surface area contributed by atoms with Crippen LogP contribution in [0.25, 0.3) is 0 Å². The molecule has 2 heterocycles. The van der Waals surface area contributed by atoms with Crippen molar-refractivity contribution < 1.29 is 23.7 Å². The number of carbonyl (C=O) groups excluding carboxylic acids is 1. The van der Waals surface area contributed by atoms with Gasteiger partial charge >= 0.3 is 0 Å². The van der Waals surface area contributed by atoms with Gasteiger partial charge in [0.2, 0.25) is 5.75 Å². The van der Waals surface area contributed by atoms with Crippen molar-refractivity contribution in [3.63, 3.8) is 0 Å². The molecule has 0 aliphatic carbocycles. The van der Waals surface area contributed by atoms with Crippen LogP contribution in [-0.2, 0) is 4.74 Å². The number of nitrogens with one attached hydrogen (secondary N) is 1. The molecular formula is C21H29N3O5. The number of nitrogens with zero attached hydrogens (tertiary/aromatic N) is 2. The standard InChI is InChI=1S/C21H29N3O5/c1-26-17-6-5-16(19-20(17)29-12-11-28-19)21(25)23-13-15-7-10-24(9-4-3-8-22)14-18(15)27-2/h5-6,15,18H,3-4,7,9-14H2,1-2H3,(H,23,25)/t15-,18?/m0/s1. The van der Waals surface area contributed by atoms with Crippen molar-refractivity contribution in [3.05, 3.63) is 17.7 Å². The predicted octanol–water partition coefficient (Wildman–Crippen LogP) is 1.84. The van der Waals surface area contributed by atoms with E-state index in [-0.39, 0.29) is 17.9 Å². The molecule has 1 fully saturated rings. The lowest BCUT2D eigenvalue weighted by Crippen LogP contribution is -2.48. The summed E-state index contributed by atoms with van der Waals surface area (Å²) < 4.78 is 22.3. The molecule has 2 atom stereocenters. The molecule has 1 unspecified atom stereocenters. The molecule has 3 rings (SSSR count). The van der Waals surface area contributed by atoms with Gasteiger partial charge in [-0.05, 0) is 38.1 Å². The van der Waals surface area contributed by atoms with Crippen LogP contribution in [0.5, 0.6) is 17.2 Å². The molecule has 158 valence electrons. The highest BCUT2D eigenvalue weighted by Gasteiger charge is 2.30. The third-order valence-corrected chi connectivity index (χ3v) is 5.49. The summed E-state index contributed by atoms with van der Waals surface area (Å²) in [5.74, 6) is 1.51. The number of carbonyl (C=O) groups is 1. The first-order chi connectivity index (χ1) is 14.2. The van der Waals surface area contributed by atoms with Crippen LogP contribution in [0.3, 0.4) is 0 Å². The smallest absolute Gasteiger partial charge is 0.255 e. The van der Waals surface area contributed by atoms with E-state index < -0.39 is 0 Å². The molecule has 0 aromatic heterocycles. The Morgan fingerprint density at radius 3 is 2.83 bits per heavy atom. The van der Waals surface area contributed by atoms with Crippen molar-refractivity contribution in [2.24, 2.45) is 5.92 Å². The zero-order chi connectivity index (χ0) is 20.6. The molecule has 1 aromatic rings. The minimum absolute atomic E-state index is 0.0514. The third kappa shape index (κ3) is 5.11. The average molecular weight is 403 g/mol. The summed E-state index contributed by atoms with van der Waals surface area (Å²) in [7, 11) is 3.27. The van der Waals surface area contributed by atoms with Gasteiger partial charge in [0.1, 0.15) is 13.2 Å². The van der Waals surface area contributed by atoms with Crippen molar-refractivity contribution in [3.8, 4) is 23.3 Å². The second-order valence-corrected chi connectivity index (χ2v) is 7.27. The van der Waals surface area contributed by atoms with E-state index in [0.717, 1.165) is 32.5 Å². The van der Waals surface area contributed by atoms with Crippen LogP contribution in [0.2, 0.25) is 0 Å². The van der Waals surface area contributed by atoms with Gasteiger partial charge in [-0.25, -0.2) is 0 Å². The second-order valence-electron chi connectivity index (χ2n) is 7.27. The Morgan fingerprint density at radius 2 is 2.10 bits per heavy atom. The first kappa shape index (κ1) is 21.2. The van der Waals surface area contributed by atoms with E-state index in [1.54, 1.807) is 26.4 Å². The van der Waals surface area contributed by atoms with E-state index in [2.05, 4.69) is 16.3 Å². The van der Waals surface area contributed by atoms with Gasteiger partial charge < -0.3 is 29.2 Å². The fourth-order valence-electron chi connectivity index (χ4n) is 3.89. The fraction of sp³-hybridized carbons (Fsp3) is 0.619. The Bertz CT molecular complexity index is 749. The molecule has 1 saturated heterocycles. The van der Waals surface area contributed by atoms with E-state index in [0.29, 0.717) is 49.0 Å². The van der Waals surface area contributed by atoms with Crippen LogP contribution in [0, 0.1) is 17.2 Å². The Labute approximate surface area is 171 Å². The largest absolute Gasteiger partial charge is 0.493 e. The molecule has 8 heteroatoms. The summed E-state index contributed by atoms with van der Waals surface area (Å²) in [4.78, 5) is 15.2. The van der Waals surface area contributed by atoms with Crippen molar-refractivity contribution >= 4 is 5.91 Å². The zero-order valence-electron chi connectivity index (χ0n) is 17.1. The number of fused-ring (bicyclic) bond motifs is 1. The van der Waals surface area contributed by atoms with Crippen molar-refractivity contribution in [1.29, 1.82) is 5.26 Å². The Morgan fingerprint density at radius 1 is 1.31 bits per heavy atom. The number of unbranched alkanes of at least 4 members (excludes halogenated alkanes) is 1. The molecular weight excluding hydrogens is 374 g/mol. The van der Waals surface area contributed by atoms with Crippen molar-refractivity contribution in [1.82, 2.24) is 10.2 Å². The molecule has 8 nitrogen and oxygen atoms in total. The number of piperidine rings is 1. The number of methoxy groups -OCH3 is 2. The van der Waals surface area contributed by atoms with Gasteiger partial charge in [0.05, 0.1) is 24.8 Å². The first-order valence-electron chi connectivity index (χ1n) is 10.0. The van der Waals surface area contributed by atoms with Crippen molar-refractivity contribution in [2.75, 3.05) is 53.6 Å². The van der Waals surface area contributed by atoms with E-state index in [1.165, 1.54) is 0 Å². The van der Waals surface area contributed by atoms with E-state index in [1.807, 2.05) is 0 Å². The molecule has 1 aromatic carbocycles. The lowest BCUT2D eigenvalue weighted by atomic mass is 9.93. The summed E-state index contributed by atoms with van der Waals surface area (Å²) in [5, 5.41) is 11.7. The molecule has 1 amide bonds. The lowest BCUT2D eigenvalue weighted by Gasteiger charge is -2.37. The highest BCUT2D eigenvalue weighted by molar-refractivity contribution is 5.98. The van der Waals surface area contributed by atoms with Crippen molar-refractivity contribution in [2.45, 2.75) is 25.4 Å². The summed E-state index contributed by atoms with van der Waals surface area (Å²) in [5.41, 5.74) is 0.448. The SMILES string of the molecule is COc1ccc(C(=O)NC[C@@H]2CCN(CCCC#N)CC2OC)c2c1OCCO2. The van der Waals surface area contributed by atoms with Crippen LogP contribution in [0.1, 0.15) is 29.6 Å². The molecule has 1 N–H and O–H groups in total. The molecule has 0 radical (unpaired) electrons. The van der Waals surface area contributed by atoms with Gasteiger partial charge in [-0.3, -0.25) is 4.79 Å². The van der Waals surface area contributed by atoms with Crippen LogP contribution < -0.4 is 19.5 Å². The maximum absolute atomic E-state index is 12.8. The third-order valence-electron chi connectivity index (χ3n) is 5.49. The highest BCUT2D eigenvalue weighted by Crippen LogP contribution is 2.41. The minimum atomic E-state index is -0.194. The summed E-state index contributed by atoms with van der Waals surface area (Å²) >= 11 is 0. The summed E-state index contributed by atoms with van der Waals surface area (Å²) in [6, 6.07) is 5.61. The topological polar surface area (TPSA) is 93.1 Å². The van der Waals surface area contributed by atoms with Gasteiger partial charge in [-0.15, -0.1) is 0 Å². The average Bonchev–Trinajstić information content (AvgIpc) is 2.77. The Kier molecular flexibility index (Phi) is 7.55. The van der Waals surface area contributed by atoms with Gasteiger partial charge in [-0.2, -0.15) is 5.26 Å². The molecule has 0 saturated carbocycles. The monoisotopic (exact) mass is 403 g/mol. The number of likely N-dealkylation sites (tertiary alicyclic amines) is 1. The van der Waals surface area contributed by atoms with Gasteiger partial charge in [0.15, 0.2) is 11.5 Å². The maximum atomic E-state index is 12.8. The number of benzene rings is 1. The van der Waals surface area contributed by atoms with Crippen LogP contribution in [-0.4, -0.2) is 70.5 Å². The summed E-state index contributed by atoms with van der Waals surface area (Å²) in [6.45, 7) is 4.03. The quantitative estimate of drug-likeness (QED) is 0.662. The fourth-order valence-corrected chi connectivity index (χ4v) is 3.89. The van der Waals surface area contributed by atoms with E-state index >= 15 is 0 Å². The minimum Gasteiger partial charge on any atom is -0.493 e. The maximum Gasteiger partial charge on any atom is 0.255 e. The molecule has 2 aliphatic heterocycles.